The molecule has 0 bridgehead atoms. The van der Waals surface area contributed by atoms with Crippen molar-refractivity contribution in [2.75, 3.05) is 13.7 Å². The van der Waals surface area contributed by atoms with Crippen LogP contribution in [-0.4, -0.2) is 18.6 Å². The van der Waals surface area contributed by atoms with Crippen molar-refractivity contribution in [3.63, 3.8) is 0 Å². The molecule has 0 aliphatic carbocycles. The SMILES string of the molecule is COc1cc([N+](=O)[O-])ccc1-c1cccc(CCN)c1. The van der Waals surface area contributed by atoms with E-state index in [0.717, 1.165) is 23.1 Å². The normalized spacial score (nSPS) is 10.3. The Labute approximate surface area is 117 Å². The van der Waals surface area contributed by atoms with Gasteiger partial charge in [0.1, 0.15) is 5.75 Å². The molecular formula is C15H16N2O3. The zero-order valence-electron chi connectivity index (χ0n) is 11.2. The number of nitro groups is 1. The number of hydrogen-bond acceptors (Lipinski definition) is 4. The molecule has 0 spiro atoms. The highest BCUT2D eigenvalue weighted by Gasteiger charge is 2.12. The summed E-state index contributed by atoms with van der Waals surface area (Å²) in [6.07, 6.45) is 0.795. The molecule has 2 aromatic rings. The number of non-ortho nitro benzene ring substituents is 1. The molecular weight excluding hydrogens is 256 g/mol. The van der Waals surface area contributed by atoms with E-state index in [1.165, 1.54) is 19.2 Å². The molecule has 0 saturated heterocycles. The summed E-state index contributed by atoms with van der Waals surface area (Å²) >= 11 is 0. The molecule has 0 radical (unpaired) electrons. The van der Waals surface area contributed by atoms with Crippen molar-refractivity contribution in [1.29, 1.82) is 0 Å². The van der Waals surface area contributed by atoms with Crippen molar-refractivity contribution in [3.05, 3.63) is 58.1 Å². The van der Waals surface area contributed by atoms with E-state index in [1.54, 1.807) is 6.07 Å². The largest absolute Gasteiger partial charge is 0.496 e. The average Bonchev–Trinajstić information content (AvgIpc) is 2.47. The minimum Gasteiger partial charge on any atom is -0.496 e. The van der Waals surface area contributed by atoms with Crippen LogP contribution in [0.2, 0.25) is 0 Å². The van der Waals surface area contributed by atoms with Crippen molar-refractivity contribution < 1.29 is 9.66 Å². The quantitative estimate of drug-likeness (QED) is 0.670. The van der Waals surface area contributed by atoms with Gasteiger partial charge in [0, 0.05) is 11.6 Å². The fraction of sp³-hybridized carbons (Fsp3) is 0.200. The highest BCUT2D eigenvalue weighted by Crippen LogP contribution is 2.33. The lowest BCUT2D eigenvalue weighted by Crippen LogP contribution is -2.02. The van der Waals surface area contributed by atoms with E-state index in [4.69, 9.17) is 10.5 Å². The number of methoxy groups -OCH3 is 1. The maximum absolute atomic E-state index is 10.8. The average molecular weight is 272 g/mol. The minimum absolute atomic E-state index is 0.0173. The van der Waals surface area contributed by atoms with E-state index >= 15 is 0 Å². The summed E-state index contributed by atoms with van der Waals surface area (Å²) in [4.78, 5) is 10.4. The molecule has 0 amide bonds. The topological polar surface area (TPSA) is 78.4 Å². The predicted octanol–water partition coefficient (Wildman–Crippen LogP) is 2.77. The van der Waals surface area contributed by atoms with E-state index in [1.807, 2.05) is 24.3 Å². The standard InChI is InChI=1S/C15H16N2O3/c1-20-15-10-13(17(18)19)5-6-14(15)12-4-2-3-11(9-12)7-8-16/h2-6,9-10H,7-8,16H2,1H3. The highest BCUT2D eigenvalue weighted by atomic mass is 16.6. The van der Waals surface area contributed by atoms with Crippen LogP contribution >= 0.6 is 0 Å². The van der Waals surface area contributed by atoms with Gasteiger partial charge in [0.05, 0.1) is 18.1 Å². The van der Waals surface area contributed by atoms with E-state index in [0.29, 0.717) is 12.3 Å². The van der Waals surface area contributed by atoms with Crippen LogP contribution in [0.3, 0.4) is 0 Å². The summed E-state index contributed by atoms with van der Waals surface area (Å²) in [5.41, 5.74) is 8.50. The summed E-state index contributed by atoms with van der Waals surface area (Å²) in [7, 11) is 1.51. The van der Waals surface area contributed by atoms with Crippen LogP contribution in [0.4, 0.5) is 5.69 Å². The van der Waals surface area contributed by atoms with E-state index in [-0.39, 0.29) is 5.69 Å². The van der Waals surface area contributed by atoms with Crippen molar-refractivity contribution in [2.45, 2.75) is 6.42 Å². The number of rotatable bonds is 5. The number of benzene rings is 2. The van der Waals surface area contributed by atoms with Gasteiger partial charge < -0.3 is 10.5 Å². The minimum atomic E-state index is -0.433. The third kappa shape index (κ3) is 2.95. The maximum atomic E-state index is 10.8. The Morgan fingerprint density at radius 1 is 1.25 bits per heavy atom. The fourth-order valence-corrected chi connectivity index (χ4v) is 2.09. The molecule has 0 heterocycles. The molecule has 0 atom stereocenters. The van der Waals surface area contributed by atoms with Crippen molar-refractivity contribution >= 4 is 5.69 Å². The molecule has 2 aromatic carbocycles. The lowest BCUT2D eigenvalue weighted by molar-refractivity contribution is -0.384. The number of hydrogen-bond donors (Lipinski definition) is 1. The third-order valence-electron chi connectivity index (χ3n) is 3.07. The van der Waals surface area contributed by atoms with Crippen LogP contribution in [0.15, 0.2) is 42.5 Å². The van der Waals surface area contributed by atoms with Crippen LogP contribution in [0.25, 0.3) is 11.1 Å². The van der Waals surface area contributed by atoms with Gasteiger partial charge in [-0.1, -0.05) is 24.3 Å². The first-order valence-corrected chi connectivity index (χ1v) is 6.27. The number of nitrogens with zero attached hydrogens (tertiary/aromatic N) is 1. The van der Waals surface area contributed by atoms with Gasteiger partial charge in [-0.2, -0.15) is 0 Å². The number of nitro benzene ring substituents is 1. The van der Waals surface area contributed by atoms with Crippen molar-refractivity contribution in [3.8, 4) is 16.9 Å². The second-order valence-electron chi connectivity index (χ2n) is 4.38. The molecule has 0 saturated carbocycles. The molecule has 104 valence electrons. The van der Waals surface area contributed by atoms with Gasteiger partial charge in [-0.05, 0) is 30.2 Å². The number of ether oxygens (including phenoxy) is 1. The van der Waals surface area contributed by atoms with E-state index in [9.17, 15) is 10.1 Å². The van der Waals surface area contributed by atoms with Gasteiger partial charge in [0.15, 0.2) is 0 Å². The zero-order valence-corrected chi connectivity index (χ0v) is 11.2. The Morgan fingerprint density at radius 3 is 2.70 bits per heavy atom. The first-order valence-electron chi connectivity index (χ1n) is 6.27. The van der Waals surface area contributed by atoms with Gasteiger partial charge in [0.2, 0.25) is 0 Å². The highest BCUT2D eigenvalue weighted by molar-refractivity contribution is 5.72. The van der Waals surface area contributed by atoms with Crippen LogP contribution in [0.1, 0.15) is 5.56 Å². The Morgan fingerprint density at radius 2 is 2.05 bits per heavy atom. The summed E-state index contributed by atoms with van der Waals surface area (Å²) in [6, 6.07) is 12.5. The smallest absolute Gasteiger partial charge is 0.273 e. The van der Waals surface area contributed by atoms with Crippen LogP contribution < -0.4 is 10.5 Å². The molecule has 0 aliphatic heterocycles. The Hall–Kier alpha value is -2.40. The summed E-state index contributed by atoms with van der Waals surface area (Å²) in [5, 5.41) is 10.8. The molecule has 0 aliphatic rings. The lowest BCUT2D eigenvalue weighted by atomic mass is 10.0. The summed E-state index contributed by atoms with van der Waals surface area (Å²) < 4.78 is 5.26. The third-order valence-corrected chi connectivity index (χ3v) is 3.07. The second kappa shape index (κ2) is 6.16. The van der Waals surface area contributed by atoms with Gasteiger partial charge >= 0.3 is 0 Å². The fourth-order valence-electron chi connectivity index (χ4n) is 2.09. The Kier molecular flexibility index (Phi) is 4.32. The first-order chi connectivity index (χ1) is 9.65. The molecule has 5 nitrogen and oxygen atoms in total. The summed E-state index contributed by atoms with van der Waals surface area (Å²) in [5.74, 6) is 0.490. The molecule has 2 rings (SSSR count). The summed E-state index contributed by atoms with van der Waals surface area (Å²) in [6.45, 7) is 0.584. The van der Waals surface area contributed by atoms with E-state index < -0.39 is 4.92 Å². The van der Waals surface area contributed by atoms with Gasteiger partial charge in [-0.15, -0.1) is 0 Å². The van der Waals surface area contributed by atoms with Gasteiger partial charge in [0.25, 0.3) is 5.69 Å². The predicted molar refractivity (Wildman–Crippen MR) is 77.8 cm³/mol. The second-order valence-corrected chi connectivity index (χ2v) is 4.38. The maximum Gasteiger partial charge on any atom is 0.273 e. The molecule has 0 fully saturated rings. The van der Waals surface area contributed by atoms with Crippen LogP contribution in [0.5, 0.6) is 5.75 Å². The lowest BCUT2D eigenvalue weighted by Gasteiger charge is -2.09. The Bertz CT molecular complexity index is 626. The van der Waals surface area contributed by atoms with Crippen molar-refractivity contribution in [2.24, 2.45) is 5.73 Å². The van der Waals surface area contributed by atoms with Gasteiger partial charge in [-0.25, -0.2) is 0 Å². The van der Waals surface area contributed by atoms with Crippen LogP contribution in [0, 0.1) is 10.1 Å². The van der Waals surface area contributed by atoms with E-state index in [2.05, 4.69) is 0 Å². The molecule has 0 aromatic heterocycles. The molecule has 5 heteroatoms. The molecule has 0 unspecified atom stereocenters. The van der Waals surface area contributed by atoms with Crippen LogP contribution in [-0.2, 0) is 6.42 Å². The first kappa shape index (κ1) is 14.0. The van der Waals surface area contributed by atoms with Gasteiger partial charge in [-0.3, -0.25) is 10.1 Å². The number of nitrogens with two attached hydrogens (primary N) is 1. The molecule has 20 heavy (non-hydrogen) atoms. The van der Waals surface area contributed by atoms with Crippen molar-refractivity contribution in [1.82, 2.24) is 0 Å². The Balaban J connectivity index is 2.46. The molecule has 2 N–H and O–H groups in total. The zero-order chi connectivity index (χ0) is 14.5. The monoisotopic (exact) mass is 272 g/mol.